The van der Waals surface area contributed by atoms with Gasteiger partial charge < -0.3 is 19.3 Å². The Morgan fingerprint density at radius 1 is 0.917 bits per heavy atom. The van der Waals surface area contributed by atoms with Crippen LogP contribution < -0.4 is 0 Å². The van der Waals surface area contributed by atoms with E-state index in [1.165, 1.54) is 11.8 Å². The molecular formula is C26H23N3O6S. The first kappa shape index (κ1) is 25.3. The Balaban J connectivity index is 1.58. The van der Waals surface area contributed by atoms with Crippen molar-refractivity contribution in [3.63, 3.8) is 0 Å². The van der Waals surface area contributed by atoms with Crippen molar-refractivity contribution in [2.75, 3.05) is 6.61 Å². The first-order valence-electron chi connectivity index (χ1n) is 11.1. The molecule has 5 atom stereocenters. The zero-order valence-corrected chi connectivity index (χ0v) is 19.8. The first-order valence-corrected chi connectivity index (χ1v) is 12.0. The van der Waals surface area contributed by atoms with E-state index < -0.39 is 41.7 Å². The maximum absolute atomic E-state index is 12.8. The van der Waals surface area contributed by atoms with Crippen LogP contribution in [0.2, 0.25) is 0 Å². The first-order chi connectivity index (χ1) is 17.6. The molecule has 9 nitrogen and oxygen atoms in total. The van der Waals surface area contributed by atoms with Crippen molar-refractivity contribution in [3.05, 3.63) is 113 Å². The quantitative estimate of drug-likeness (QED) is 0.204. The number of thioether (sulfide) groups is 1. The monoisotopic (exact) mass is 505 g/mol. The number of rotatable bonds is 8. The Labute approximate surface area is 211 Å². The Bertz CT molecular complexity index is 1210. The molecule has 1 heterocycles. The molecule has 0 aliphatic carbocycles. The molecule has 4 rings (SSSR count). The second-order valence-electron chi connectivity index (χ2n) is 7.86. The van der Waals surface area contributed by atoms with E-state index in [9.17, 15) is 20.2 Å². The Morgan fingerprint density at radius 2 is 1.47 bits per heavy atom. The Kier molecular flexibility index (Phi) is 8.59. The molecule has 0 aromatic heterocycles. The number of benzene rings is 3. The van der Waals surface area contributed by atoms with Crippen molar-refractivity contribution in [1.82, 2.24) is 0 Å². The molecule has 1 N–H and O–H groups in total. The van der Waals surface area contributed by atoms with Crippen molar-refractivity contribution in [2.45, 2.75) is 34.7 Å². The van der Waals surface area contributed by atoms with Gasteiger partial charge >= 0.3 is 11.9 Å². The maximum atomic E-state index is 12.8. The minimum absolute atomic E-state index is 0.273. The molecule has 1 aliphatic rings. The van der Waals surface area contributed by atoms with Crippen LogP contribution in [0.4, 0.5) is 0 Å². The van der Waals surface area contributed by atoms with Gasteiger partial charge in [0, 0.05) is 9.81 Å². The van der Waals surface area contributed by atoms with Gasteiger partial charge in [-0.2, -0.15) is 0 Å². The molecule has 10 heteroatoms. The number of ether oxygens (including phenoxy) is 3. The molecule has 0 bridgehead atoms. The molecule has 3 aromatic rings. The predicted octanol–water partition coefficient (Wildman–Crippen LogP) is 4.63. The number of hydrogen-bond donors (Lipinski definition) is 1. The van der Waals surface area contributed by atoms with Crippen LogP contribution in [0, 0.1) is 0 Å². The van der Waals surface area contributed by atoms with Crippen LogP contribution in [0.5, 0.6) is 0 Å². The van der Waals surface area contributed by atoms with Crippen LogP contribution in [0.15, 0.2) is 101 Å². The summed E-state index contributed by atoms with van der Waals surface area (Å²) < 4.78 is 17.1. The lowest BCUT2D eigenvalue weighted by molar-refractivity contribution is -0.168. The third-order valence-electron chi connectivity index (χ3n) is 5.46. The summed E-state index contributed by atoms with van der Waals surface area (Å²) in [5, 5.41) is 14.9. The number of nitrogens with zero attached hydrogens (tertiary/aromatic N) is 3. The average molecular weight is 506 g/mol. The number of esters is 2. The molecule has 0 amide bonds. The van der Waals surface area contributed by atoms with E-state index >= 15 is 0 Å². The van der Waals surface area contributed by atoms with Gasteiger partial charge in [0.1, 0.15) is 36.4 Å². The van der Waals surface area contributed by atoms with E-state index in [0.717, 1.165) is 4.90 Å². The number of aliphatic hydroxyl groups is 1. The van der Waals surface area contributed by atoms with E-state index in [1.807, 2.05) is 30.3 Å². The molecule has 36 heavy (non-hydrogen) atoms. The summed E-state index contributed by atoms with van der Waals surface area (Å²) in [5.74, 6) is -1.28. The van der Waals surface area contributed by atoms with E-state index in [-0.39, 0.29) is 12.2 Å². The van der Waals surface area contributed by atoms with Gasteiger partial charge in [-0.15, -0.1) is 0 Å². The molecule has 1 aliphatic heterocycles. The van der Waals surface area contributed by atoms with Crippen molar-refractivity contribution in [1.29, 1.82) is 0 Å². The van der Waals surface area contributed by atoms with E-state index in [0.29, 0.717) is 5.56 Å². The van der Waals surface area contributed by atoms with Gasteiger partial charge in [0.05, 0.1) is 11.1 Å². The summed E-state index contributed by atoms with van der Waals surface area (Å²) in [5.41, 5.74) is 9.01. The summed E-state index contributed by atoms with van der Waals surface area (Å²) in [6, 6.07) is 24.9. The molecule has 3 aromatic carbocycles. The molecule has 1 saturated heterocycles. The highest BCUT2D eigenvalue weighted by Gasteiger charge is 2.48. The summed E-state index contributed by atoms with van der Waals surface area (Å²) in [4.78, 5) is 29.0. The fraction of sp³-hybridized carbons (Fsp3) is 0.231. The lowest BCUT2D eigenvalue weighted by atomic mass is 9.98. The zero-order valence-electron chi connectivity index (χ0n) is 19.0. The molecule has 0 saturated carbocycles. The second kappa shape index (κ2) is 12.2. The van der Waals surface area contributed by atoms with Gasteiger partial charge in [-0.3, -0.25) is 0 Å². The number of carbonyl (C=O) groups is 2. The molecule has 0 spiro atoms. The molecular weight excluding hydrogens is 482 g/mol. The van der Waals surface area contributed by atoms with Crippen LogP contribution >= 0.6 is 11.8 Å². The van der Waals surface area contributed by atoms with Crippen molar-refractivity contribution in [2.24, 2.45) is 5.11 Å². The maximum Gasteiger partial charge on any atom is 0.338 e. The fourth-order valence-corrected chi connectivity index (χ4v) is 4.80. The van der Waals surface area contributed by atoms with E-state index in [2.05, 4.69) is 10.0 Å². The van der Waals surface area contributed by atoms with Crippen molar-refractivity contribution in [3.8, 4) is 0 Å². The van der Waals surface area contributed by atoms with E-state index in [1.54, 1.807) is 60.7 Å². The van der Waals surface area contributed by atoms with Crippen LogP contribution in [0.25, 0.3) is 10.4 Å². The number of aliphatic hydroxyl groups excluding tert-OH is 1. The summed E-state index contributed by atoms with van der Waals surface area (Å²) in [7, 11) is 0. The fourth-order valence-electron chi connectivity index (χ4n) is 3.67. The number of hydrogen-bond acceptors (Lipinski definition) is 8. The highest BCUT2D eigenvalue weighted by molar-refractivity contribution is 7.99. The van der Waals surface area contributed by atoms with Gasteiger partial charge in [-0.1, -0.05) is 71.5 Å². The van der Waals surface area contributed by atoms with Gasteiger partial charge in [-0.25, -0.2) is 9.59 Å². The minimum atomic E-state index is -1.43. The smallest absolute Gasteiger partial charge is 0.338 e. The van der Waals surface area contributed by atoms with Gasteiger partial charge in [0.2, 0.25) is 0 Å². The lowest BCUT2D eigenvalue weighted by Gasteiger charge is -2.42. The number of azide groups is 1. The second-order valence-corrected chi connectivity index (χ2v) is 9.03. The zero-order chi connectivity index (χ0) is 25.3. The standard InChI is InChI=1S/C26H23N3O6S/c27-29-28-21-23(35-25(32)18-12-6-2-7-13-18)22(30)20(16-33-24(31)17-10-4-1-5-11-17)34-26(21)36-19-14-8-3-9-15-19/h1-15,20-23,26,30H,16H2/t20?,21-,22-,23?,26-/m0/s1. The molecule has 0 radical (unpaired) electrons. The summed E-state index contributed by atoms with van der Waals surface area (Å²) >= 11 is 1.25. The van der Waals surface area contributed by atoms with Gasteiger partial charge in [0.25, 0.3) is 0 Å². The minimum Gasteiger partial charge on any atom is -0.459 e. The number of carbonyl (C=O) groups excluding carboxylic acids is 2. The normalized spacial score (nSPS) is 23.2. The molecule has 184 valence electrons. The van der Waals surface area contributed by atoms with Crippen molar-refractivity contribution < 1.29 is 28.9 Å². The summed E-state index contributed by atoms with van der Waals surface area (Å²) in [6.07, 6.45) is -3.72. The molecule has 2 unspecified atom stereocenters. The average Bonchev–Trinajstić information content (AvgIpc) is 2.92. The highest BCUT2D eigenvalue weighted by Crippen LogP contribution is 2.36. The van der Waals surface area contributed by atoms with Gasteiger partial charge in [-0.05, 0) is 41.9 Å². The van der Waals surface area contributed by atoms with Crippen LogP contribution in [0.3, 0.4) is 0 Å². The van der Waals surface area contributed by atoms with Crippen LogP contribution in [-0.2, 0) is 14.2 Å². The summed E-state index contributed by atoms with van der Waals surface area (Å²) in [6.45, 7) is -0.302. The molecule has 1 fully saturated rings. The largest absolute Gasteiger partial charge is 0.459 e. The van der Waals surface area contributed by atoms with Crippen LogP contribution in [-0.4, -0.2) is 53.4 Å². The van der Waals surface area contributed by atoms with E-state index in [4.69, 9.17) is 14.2 Å². The highest BCUT2D eigenvalue weighted by atomic mass is 32.2. The van der Waals surface area contributed by atoms with Crippen molar-refractivity contribution >= 4 is 23.7 Å². The topological polar surface area (TPSA) is 131 Å². The van der Waals surface area contributed by atoms with Gasteiger partial charge in [0.15, 0.2) is 0 Å². The third kappa shape index (κ3) is 6.24. The predicted molar refractivity (Wildman–Crippen MR) is 132 cm³/mol. The SMILES string of the molecule is [N-]=[N+]=N[C@H]1C(OC(=O)c2ccccc2)[C@@H](O)C(COC(=O)c2ccccc2)O[C@H]1Sc1ccccc1. The lowest BCUT2D eigenvalue weighted by Crippen LogP contribution is -2.58. The third-order valence-corrected chi connectivity index (χ3v) is 6.63. The van der Waals surface area contributed by atoms with Crippen LogP contribution in [0.1, 0.15) is 20.7 Å². The Morgan fingerprint density at radius 3 is 2.06 bits per heavy atom. The Hall–Kier alpha value is -3.82.